The standard InChI is InChI=1S/C16H22O4/c1-12(2)20-16(19)11-15(18)10-14(17)9-8-13-6-4-3-5-7-13/h3-7,12,14,17H,8-11H2,1-2H3/t14-/m1/s1. The molecule has 0 spiro atoms. The van der Waals surface area contributed by atoms with Crippen molar-refractivity contribution in [2.45, 2.75) is 51.7 Å². The molecule has 4 heteroatoms. The normalized spacial score (nSPS) is 12.2. The highest BCUT2D eigenvalue weighted by Crippen LogP contribution is 2.09. The van der Waals surface area contributed by atoms with Crippen LogP contribution in [-0.4, -0.2) is 29.1 Å². The van der Waals surface area contributed by atoms with E-state index in [1.807, 2.05) is 30.3 Å². The van der Waals surface area contributed by atoms with Crippen LogP contribution in [0.5, 0.6) is 0 Å². The summed E-state index contributed by atoms with van der Waals surface area (Å²) in [4.78, 5) is 22.9. The average molecular weight is 278 g/mol. The van der Waals surface area contributed by atoms with E-state index in [1.165, 1.54) is 0 Å². The van der Waals surface area contributed by atoms with Gasteiger partial charge in [-0.15, -0.1) is 0 Å². The monoisotopic (exact) mass is 278 g/mol. The van der Waals surface area contributed by atoms with E-state index in [-0.39, 0.29) is 24.7 Å². The number of benzene rings is 1. The number of hydrogen-bond acceptors (Lipinski definition) is 4. The highest BCUT2D eigenvalue weighted by molar-refractivity contribution is 5.95. The van der Waals surface area contributed by atoms with E-state index in [9.17, 15) is 14.7 Å². The SMILES string of the molecule is CC(C)OC(=O)CC(=O)C[C@H](O)CCc1ccccc1. The molecule has 0 fully saturated rings. The summed E-state index contributed by atoms with van der Waals surface area (Å²) in [7, 11) is 0. The molecular weight excluding hydrogens is 256 g/mol. The quantitative estimate of drug-likeness (QED) is 0.585. The van der Waals surface area contributed by atoms with Crippen molar-refractivity contribution in [1.82, 2.24) is 0 Å². The Morgan fingerprint density at radius 1 is 1.20 bits per heavy atom. The Morgan fingerprint density at radius 2 is 1.85 bits per heavy atom. The Balaban J connectivity index is 2.26. The molecule has 0 aliphatic carbocycles. The number of aliphatic hydroxyl groups excluding tert-OH is 1. The molecule has 110 valence electrons. The molecule has 1 aromatic rings. The molecule has 0 unspecified atom stereocenters. The number of esters is 1. The lowest BCUT2D eigenvalue weighted by Crippen LogP contribution is -2.19. The van der Waals surface area contributed by atoms with Gasteiger partial charge in [0.25, 0.3) is 0 Å². The summed E-state index contributed by atoms with van der Waals surface area (Å²) in [6, 6.07) is 9.77. The Hall–Kier alpha value is -1.68. The third-order valence-corrected chi connectivity index (χ3v) is 2.78. The van der Waals surface area contributed by atoms with Crippen molar-refractivity contribution < 1.29 is 19.4 Å². The molecule has 1 rings (SSSR count). The summed E-state index contributed by atoms with van der Waals surface area (Å²) in [5.41, 5.74) is 1.12. The van der Waals surface area contributed by atoms with E-state index in [1.54, 1.807) is 13.8 Å². The summed E-state index contributed by atoms with van der Waals surface area (Å²) in [6.45, 7) is 3.47. The Bertz CT molecular complexity index is 425. The fraction of sp³-hybridized carbons (Fsp3) is 0.500. The maximum absolute atomic E-state index is 11.6. The summed E-state index contributed by atoms with van der Waals surface area (Å²) in [6.07, 6.45) is 0.0225. The second kappa shape index (κ2) is 8.48. The molecule has 0 aliphatic heterocycles. The number of ketones is 1. The number of rotatable bonds is 8. The van der Waals surface area contributed by atoms with E-state index < -0.39 is 12.1 Å². The molecule has 0 amide bonds. The number of carbonyl (C=O) groups is 2. The molecular formula is C16H22O4. The van der Waals surface area contributed by atoms with Crippen LogP contribution in [-0.2, 0) is 20.7 Å². The second-order valence-corrected chi connectivity index (χ2v) is 5.14. The smallest absolute Gasteiger partial charge is 0.313 e. The largest absolute Gasteiger partial charge is 0.463 e. The maximum Gasteiger partial charge on any atom is 0.313 e. The maximum atomic E-state index is 11.6. The van der Waals surface area contributed by atoms with Crippen LogP contribution in [0.15, 0.2) is 30.3 Å². The molecule has 0 saturated carbocycles. The van der Waals surface area contributed by atoms with Crippen LogP contribution in [0.25, 0.3) is 0 Å². The Kier molecular flexibility index (Phi) is 6.94. The van der Waals surface area contributed by atoms with Gasteiger partial charge in [-0.3, -0.25) is 9.59 Å². The van der Waals surface area contributed by atoms with Crippen LogP contribution >= 0.6 is 0 Å². The minimum absolute atomic E-state index is 0.0000286. The number of carbonyl (C=O) groups excluding carboxylic acids is 2. The summed E-state index contributed by atoms with van der Waals surface area (Å²) in [5, 5.41) is 9.80. The van der Waals surface area contributed by atoms with Crippen molar-refractivity contribution in [3.63, 3.8) is 0 Å². The van der Waals surface area contributed by atoms with E-state index >= 15 is 0 Å². The molecule has 0 saturated heterocycles. The Labute approximate surface area is 119 Å². The first-order chi connectivity index (χ1) is 9.47. The Morgan fingerprint density at radius 3 is 2.45 bits per heavy atom. The minimum atomic E-state index is -0.713. The van der Waals surface area contributed by atoms with Crippen LogP contribution in [0.1, 0.15) is 38.7 Å². The van der Waals surface area contributed by atoms with Crippen molar-refractivity contribution in [2.24, 2.45) is 0 Å². The van der Waals surface area contributed by atoms with Gasteiger partial charge >= 0.3 is 5.97 Å². The van der Waals surface area contributed by atoms with Gasteiger partial charge in [-0.05, 0) is 32.3 Å². The van der Waals surface area contributed by atoms with Crippen molar-refractivity contribution >= 4 is 11.8 Å². The van der Waals surface area contributed by atoms with Gasteiger partial charge in [-0.1, -0.05) is 30.3 Å². The van der Waals surface area contributed by atoms with Gasteiger partial charge in [-0.2, -0.15) is 0 Å². The number of Topliss-reactive ketones (excluding diaryl/α,β-unsaturated/α-hetero) is 1. The predicted octanol–water partition coefficient (Wildman–Crippen LogP) is 2.28. The third-order valence-electron chi connectivity index (χ3n) is 2.78. The number of aliphatic hydroxyl groups is 1. The van der Waals surface area contributed by atoms with Gasteiger partial charge in [0, 0.05) is 6.42 Å². The number of hydrogen-bond donors (Lipinski definition) is 1. The third kappa shape index (κ3) is 7.04. The van der Waals surface area contributed by atoms with Gasteiger partial charge < -0.3 is 9.84 Å². The fourth-order valence-corrected chi connectivity index (χ4v) is 1.88. The molecule has 1 N–H and O–H groups in total. The number of ether oxygens (including phenoxy) is 1. The van der Waals surface area contributed by atoms with Crippen LogP contribution in [0.2, 0.25) is 0 Å². The van der Waals surface area contributed by atoms with Crippen molar-refractivity contribution in [1.29, 1.82) is 0 Å². The average Bonchev–Trinajstić information content (AvgIpc) is 2.36. The summed E-state index contributed by atoms with van der Waals surface area (Å²) < 4.78 is 4.89. The lowest BCUT2D eigenvalue weighted by atomic mass is 10.0. The summed E-state index contributed by atoms with van der Waals surface area (Å²) >= 11 is 0. The van der Waals surface area contributed by atoms with Gasteiger partial charge in [0.15, 0.2) is 0 Å². The van der Waals surface area contributed by atoms with Crippen molar-refractivity contribution in [2.75, 3.05) is 0 Å². The van der Waals surface area contributed by atoms with Gasteiger partial charge in [-0.25, -0.2) is 0 Å². The van der Waals surface area contributed by atoms with E-state index in [0.717, 1.165) is 5.56 Å². The molecule has 20 heavy (non-hydrogen) atoms. The zero-order chi connectivity index (χ0) is 15.0. The minimum Gasteiger partial charge on any atom is -0.463 e. The summed E-state index contributed by atoms with van der Waals surface area (Å²) in [5.74, 6) is -0.809. The van der Waals surface area contributed by atoms with Crippen LogP contribution in [0, 0.1) is 0 Å². The molecule has 0 aliphatic rings. The van der Waals surface area contributed by atoms with Crippen molar-refractivity contribution in [3.05, 3.63) is 35.9 Å². The van der Waals surface area contributed by atoms with Gasteiger partial charge in [0.05, 0.1) is 12.2 Å². The highest BCUT2D eigenvalue weighted by atomic mass is 16.5. The lowest BCUT2D eigenvalue weighted by molar-refractivity contribution is -0.149. The van der Waals surface area contributed by atoms with Gasteiger partial charge in [0.1, 0.15) is 12.2 Å². The second-order valence-electron chi connectivity index (χ2n) is 5.14. The zero-order valence-electron chi connectivity index (χ0n) is 12.0. The van der Waals surface area contributed by atoms with E-state index in [0.29, 0.717) is 12.8 Å². The molecule has 0 bridgehead atoms. The molecule has 0 aromatic heterocycles. The fourth-order valence-electron chi connectivity index (χ4n) is 1.88. The first-order valence-corrected chi connectivity index (χ1v) is 6.90. The first kappa shape index (κ1) is 16.4. The van der Waals surface area contributed by atoms with Crippen LogP contribution < -0.4 is 0 Å². The van der Waals surface area contributed by atoms with E-state index in [4.69, 9.17) is 4.74 Å². The zero-order valence-corrected chi connectivity index (χ0v) is 12.0. The number of aryl methyl sites for hydroxylation is 1. The van der Waals surface area contributed by atoms with Gasteiger partial charge in [0.2, 0.25) is 0 Å². The van der Waals surface area contributed by atoms with Crippen LogP contribution in [0.4, 0.5) is 0 Å². The first-order valence-electron chi connectivity index (χ1n) is 6.90. The molecule has 1 aromatic carbocycles. The molecule has 1 atom stereocenters. The highest BCUT2D eigenvalue weighted by Gasteiger charge is 2.16. The van der Waals surface area contributed by atoms with Crippen molar-refractivity contribution in [3.8, 4) is 0 Å². The topological polar surface area (TPSA) is 63.6 Å². The molecule has 0 heterocycles. The van der Waals surface area contributed by atoms with Crippen LogP contribution in [0.3, 0.4) is 0 Å². The lowest BCUT2D eigenvalue weighted by Gasteiger charge is -2.10. The molecule has 4 nitrogen and oxygen atoms in total. The van der Waals surface area contributed by atoms with E-state index in [2.05, 4.69) is 0 Å². The predicted molar refractivity (Wildman–Crippen MR) is 76.2 cm³/mol. The molecule has 0 radical (unpaired) electrons.